The van der Waals surface area contributed by atoms with Crippen molar-refractivity contribution >= 4 is 0 Å². The number of fused-ring (bicyclic) bond motifs is 4. The Hall–Kier alpha value is -0.820. The maximum atomic E-state index is 10.7. The van der Waals surface area contributed by atoms with Gasteiger partial charge in [0.1, 0.15) is 0 Å². The number of hydrogen-bond donors (Lipinski definition) is 1. The fourth-order valence-electron chi connectivity index (χ4n) is 9.15. The van der Waals surface area contributed by atoms with Crippen LogP contribution in [0.2, 0.25) is 0 Å². The Morgan fingerprint density at radius 1 is 1.00 bits per heavy atom. The highest BCUT2D eigenvalue weighted by Gasteiger charge is 2.56. The van der Waals surface area contributed by atoms with Crippen LogP contribution in [0.3, 0.4) is 0 Å². The Balaban J connectivity index is 1.56. The van der Waals surface area contributed by atoms with Gasteiger partial charge in [-0.15, -0.1) is 0 Å². The first-order valence-corrected chi connectivity index (χ1v) is 13.9. The quantitative estimate of drug-likeness (QED) is 0.426. The molecule has 0 heterocycles. The second kappa shape index (κ2) is 9.09. The monoisotopic (exact) mass is 438 g/mol. The number of rotatable bonds is 5. The molecule has 0 radical (unpaired) electrons. The van der Waals surface area contributed by atoms with Gasteiger partial charge in [-0.2, -0.15) is 0 Å². The molecule has 7 unspecified atom stereocenters. The second-order valence-electron chi connectivity index (χ2n) is 12.6. The summed E-state index contributed by atoms with van der Waals surface area (Å²) in [4.78, 5) is 0. The van der Waals surface area contributed by atoms with Gasteiger partial charge in [0.15, 0.2) is 0 Å². The molecule has 0 aromatic heterocycles. The zero-order valence-electron chi connectivity index (χ0n) is 22.1. The molecule has 0 spiro atoms. The molecule has 0 aromatic rings. The van der Waals surface area contributed by atoms with E-state index in [4.69, 9.17) is 0 Å². The van der Waals surface area contributed by atoms with Crippen molar-refractivity contribution in [2.45, 2.75) is 119 Å². The summed E-state index contributed by atoms with van der Waals surface area (Å²) in [5.41, 5.74) is 7.53. The summed E-state index contributed by atoms with van der Waals surface area (Å²) in [5, 5.41) is 10.7. The predicted molar refractivity (Wildman–Crippen MR) is 137 cm³/mol. The van der Waals surface area contributed by atoms with Gasteiger partial charge in [0.25, 0.3) is 0 Å². The lowest BCUT2D eigenvalue weighted by atomic mass is 9.49. The molecule has 7 atom stereocenters. The van der Waals surface area contributed by atoms with Crippen LogP contribution in [0.15, 0.2) is 34.4 Å². The van der Waals surface area contributed by atoms with E-state index in [1.807, 2.05) is 11.1 Å². The molecule has 0 amide bonds. The lowest BCUT2D eigenvalue weighted by Gasteiger charge is -2.55. The van der Waals surface area contributed by atoms with Crippen LogP contribution in [0.25, 0.3) is 0 Å². The Bertz CT molecular complexity index is 797. The standard InChI is InChI=1S/C31H50O/c1-8-22(20(3)4)11-10-21(5)25-14-15-27-24-12-13-26-23(9-2)29(32)17-19-31(26,7)28(24)16-18-30(25,27)6/h8-9,20-21,25-27,29,32H,10-19H2,1-7H3/b22-8+,23-9-. The van der Waals surface area contributed by atoms with Crippen molar-refractivity contribution in [3.05, 3.63) is 34.4 Å². The zero-order valence-corrected chi connectivity index (χ0v) is 22.1. The fraction of sp³-hybridized carbons (Fsp3) is 0.806. The van der Waals surface area contributed by atoms with Crippen molar-refractivity contribution in [1.29, 1.82) is 0 Å². The van der Waals surface area contributed by atoms with Gasteiger partial charge in [0, 0.05) is 0 Å². The van der Waals surface area contributed by atoms with Crippen LogP contribution < -0.4 is 0 Å². The minimum atomic E-state index is -0.196. The SMILES string of the molecule is C/C=C1\C(O)CCC2(C)C3=C(CCC12)C1CCC(C(C)CC/C(=C\C)C(C)C)C1(C)CC3. The molecule has 2 saturated carbocycles. The Kier molecular flexibility index (Phi) is 6.90. The van der Waals surface area contributed by atoms with E-state index in [-0.39, 0.29) is 6.10 Å². The summed E-state index contributed by atoms with van der Waals surface area (Å²) in [6.07, 6.45) is 17.3. The third kappa shape index (κ3) is 3.79. The van der Waals surface area contributed by atoms with Crippen molar-refractivity contribution in [3.8, 4) is 0 Å². The average molecular weight is 439 g/mol. The molecule has 0 aromatic carbocycles. The largest absolute Gasteiger partial charge is 0.389 e. The molecule has 0 aliphatic heterocycles. The number of aliphatic hydroxyl groups excluding tert-OH is 1. The molecule has 0 saturated heterocycles. The Morgan fingerprint density at radius 2 is 1.75 bits per heavy atom. The maximum Gasteiger partial charge on any atom is 0.0753 e. The fourth-order valence-corrected chi connectivity index (χ4v) is 9.15. The predicted octanol–water partition coefficient (Wildman–Crippen LogP) is 8.65. The number of hydrogen-bond acceptors (Lipinski definition) is 1. The molecule has 1 nitrogen and oxygen atoms in total. The van der Waals surface area contributed by atoms with Crippen molar-refractivity contribution in [2.24, 2.45) is 40.4 Å². The maximum absolute atomic E-state index is 10.7. The van der Waals surface area contributed by atoms with E-state index in [0.29, 0.717) is 22.7 Å². The summed E-state index contributed by atoms with van der Waals surface area (Å²) in [6.45, 7) is 16.9. The summed E-state index contributed by atoms with van der Waals surface area (Å²) in [6, 6.07) is 0. The number of aliphatic hydroxyl groups is 1. The Labute approximate surface area is 198 Å². The molecule has 4 aliphatic carbocycles. The molecule has 2 fully saturated rings. The van der Waals surface area contributed by atoms with Crippen LogP contribution in [0.1, 0.15) is 113 Å². The normalized spacial score (nSPS) is 42.2. The number of allylic oxidation sites excluding steroid dienone is 5. The van der Waals surface area contributed by atoms with Crippen LogP contribution in [0.5, 0.6) is 0 Å². The van der Waals surface area contributed by atoms with Crippen LogP contribution >= 0.6 is 0 Å². The molecular weight excluding hydrogens is 388 g/mol. The van der Waals surface area contributed by atoms with E-state index >= 15 is 0 Å². The summed E-state index contributed by atoms with van der Waals surface area (Å²) < 4.78 is 0. The average Bonchev–Trinajstić information content (AvgIpc) is 3.11. The van der Waals surface area contributed by atoms with E-state index in [1.165, 1.54) is 63.4 Å². The van der Waals surface area contributed by atoms with Gasteiger partial charge in [-0.3, -0.25) is 0 Å². The first-order valence-electron chi connectivity index (χ1n) is 13.9. The minimum Gasteiger partial charge on any atom is -0.389 e. The molecule has 180 valence electrons. The van der Waals surface area contributed by atoms with Crippen LogP contribution in [-0.4, -0.2) is 11.2 Å². The molecular formula is C31H50O. The van der Waals surface area contributed by atoms with Crippen molar-refractivity contribution in [2.75, 3.05) is 0 Å². The highest BCUT2D eigenvalue weighted by molar-refractivity contribution is 5.38. The van der Waals surface area contributed by atoms with Gasteiger partial charge in [-0.1, -0.05) is 63.5 Å². The van der Waals surface area contributed by atoms with Gasteiger partial charge in [-0.05, 0) is 124 Å². The molecule has 4 rings (SSSR count). The van der Waals surface area contributed by atoms with E-state index in [1.54, 1.807) is 5.57 Å². The first kappa shape index (κ1) is 24.3. The zero-order chi connectivity index (χ0) is 23.3. The lowest BCUT2D eigenvalue weighted by molar-refractivity contribution is 0.0547. The van der Waals surface area contributed by atoms with Crippen molar-refractivity contribution < 1.29 is 5.11 Å². The third-order valence-electron chi connectivity index (χ3n) is 11.0. The smallest absolute Gasteiger partial charge is 0.0753 e. The van der Waals surface area contributed by atoms with E-state index < -0.39 is 0 Å². The Morgan fingerprint density at radius 3 is 2.41 bits per heavy atom. The highest BCUT2D eigenvalue weighted by Crippen LogP contribution is 2.66. The molecule has 1 N–H and O–H groups in total. The van der Waals surface area contributed by atoms with Crippen LogP contribution in [0.4, 0.5) is 0 Å². The van der Waals surface area contributed by atoms with Crippen LogP contribution in [0, 0.1) is 40.4 Å². The topological polar surface area (TPSA) is 20.2 Å². The summed E-state index contributed by atoms with van der Waals surface area (Å²) in [7, 11) is 0. The first-order chi connectivity index (χ1) is 15.2. The van der Waals surface area contributed by atoms with E-state index in [0.717, 1.165) is 24.2 Å². The van der Waals surface area contributed by atoms with Crippen molar-refractivity contribution in [1.82, 2.24) is 0 Å². The van der Waals surface area contributed by atoms with Gasteiger partial charge in [0.2, 0.25) is 0 Å². The lowest BCUT2D eigenvalue weighted by Crippen LogP contribution is -2.46. The highest BCUT2D eigenvalue weighted by atomic mass is 16.3. The molecule has 1 heteroatoms. The van der Waals surface area contributed by atoms with Crippen LogP contribution in [-0.2, 0) is 0 Å². The van der Waals surface area contributed by atoms with Gasteiger partial charge < -0.3 is 5.11 Å². The summed E-state index contributed by atoms with van der Waals surface area (Å²) in [5.74, 6) is 3.80. The van der Waals surface area contributed by atoms with Gasteiger partial charge >= 0.3 is 0 Å². The molecule has 0 bridgehead atoms. The molecule has 4 aliphatic rings. The summed E-state index contributed by atoms with van der Waals surface area (Å²) >= 11 is 0. The van der Waals surface area contributed by atoms with E-state index in [9.17, 15) is 5.11 Å². The van der Waals surface area contributed by atoms with Gasteiger partial charge in [0.05, 0.1) is 6.10 Å². The molecule has 32 heavy (non-hydrogen) atoms. The minimum absolute atomic E-state index is 0.196. The van der Waals surface area contributed by atoms with Crippen molar-refractivity contribution in [3.63, 3.8) is 0 Å². The third-order valence-corrected chi connectivity index (χ3v) is 11.0. The second-order valence-corrected chi connectivity index (χ2v) is 12.6. The van der Waals surface area contributed by atoms with Gasteiger partial charge in [-0.25, -0.2) is 0 Å². The van der Waals surface area contributed by atoms with E-state index in [2.05, 4.69) is 60.6 Å².